The Hall–Kier alpha value is -0.0800. The molecule has 130 valence electrons. The predicted molar refractivity (Wildman–Crippen MR) is 95.2 cm³/mol. The van der Waals surface area contributed by atoms with Crippen molar-refractivity contribution in [1.82, 2.24) is 4.90 Å². The molecule has 1 saturated carbocycles. The zero-order chi connectivity index (χ0) is 15.8. The summed E-state index contributed by atoms with van der Waals surface area (Å²) in [4.78, 5) is 2.72. The Labute approximate surface area is 139 Å². The van der Waals surface area contributed by atoms with Crippen molar-refractivity contribution in [3.63, 3.8) is 0 Å². The number of hydrogen-bond acceptors (Lipinski definition) is 2. The van der Waals surface area contributed by atoms with Gasteiger partial charge in [-0.05, 0) is 82.3 Å². The fourth-order valence-corrected chi connectivity index (χ4v) is 4.50. The molecule has 1 atom stereocenters. The van der Waals surface area contributed by atoms with Crippen molar-refractivity contribution in [3.8, 4) is 0 Å². The van der Waals surface area contributed by atoms with Crippen molar-refractivity contribution >= 4 is 0 Å². The highest BCUT2D eigenvalue weighted by Gasteiger charge is 2.23. The van der Waals surface area contributed by atoms with Crippen LogP contribution < -0.4 is 0 Å². The molecule has 0 bridgehead atoms. The van der Waals surface area contributed by atoms with Gasteiger partial charge < -0.3 is 9.64 Å². The first-order chi connectivity index (χ1) is 10.7. The number of hydrogen-bond donors (Lipinski definition) is 0. The maximum atomic E-state index is 5.47. The maximum absolute atomic E-state index is 5.47. The first-order valence-electron chi connectivity index (χ1n) is 9.98. The van der Waals surface area contributed by atoms with E-state index in [9.17, 15) is 0 Å². The van der Waals surface area contributed by atoms with Gasteiger partial charge in [0.25, 0.3) is 0 Å². The highest BCUT2D eigenvalue weighted by atomic mass is 16.5. The Morgan fingerprint density at radius 1 is 1.00 bits per heavy atom. The lowest BCUT2D eigenvalue weighted by Crippen LogP contribution is -2.36. The van der Waals surface area contributed by atoms with Gasteiger partial charge >= 0.3 is 0 Å². The van der Waals surface area contributed by atoms with Crippen LogP contribution in [-0.2, 0) is 4.74 Å². The van der Waals surface area contributed by atoms with E-state index < -0.39 is 0 Å². The topological polar surface area (TPSA) is 12.5 Å². The second-order valence-electron chi connectivity index (χ2n) is 7.94. The summed E-state index contributed by atoms with van der Waals surface area (Å²) < 4.78 is 5.47. The molecule has 2 heteroatoms. The molecule has 22 heavy (non-hydrogen) atoms. The van der Waals surface area contributed by atoms with E-state index in [4.69, 9.17) is 4.74 Å². The molecule has 0 spiro atoms. The van der Waals surface area contributed by atoms with Gasteiger partial charge in [-0.3, -0.25) is 0 Å². The molecule has 0 aromatic carbocycles. The summed E-state index contributed by atoms with van der Waals surface area (Å²) in [6, 6.07) is 0. The average molecular weight is 310 g/mol. The predicted octanol–water partition coefficient (Wildman–Crippen LogP) is 5.12. The van der Waals surface area contributed by atoms with Crippen molar-refractivity contribution in [2.75, 3.05) is 26.7 Å². The summed E-state index contributed by atoms with van der Waals surface area (Å²) in [7, 11) is 1.87. The summed E-state index contributed by atoms with van der Waals surface area (Å²) in [5, 5.41) is 0. The third-order valence-corrected chi connectivity index (χ3v) is 6.54. The molecule has 0 amide bonds. The SMILES string of the molecule is CCC(C)C1CCN(CCCCC2CCC(OC)CC2)CC1. The number of nitrogens with zero attached hydrogens (tertiary/aromatic N) is 1. The largest absolute Gasteiger partial charge is 0.381 e. The third-order valence-electron chi connectivity index (χ3n) is 6.54. The summed E-state index contributed by atoms with van der Waals surface area (Å²) in [5.41, 5.74) is 0. The Kier molecular flexibility index (Phi) is 8.24. The molecular formula is C20H39NO. The molecule has 1 aliphatic heterocycles. The molecule has 2 rings (SSSR count). The highest BCUT2D eigenvalue weighted by molar-refractivity contribution is 4.76. The van der Waals surface area contributed by atoms with Crippen molar-refractivity contribution in [3.05, 3.63) is 0 Å². The molecule has 1 unspecified atom stereocenters. The fraction of sp³-hybridized carbons (Fsp3) is 1.00. The minimum atomic E-state index is 0.558. The van der Waals surface area contributed by atoms with Crippen LogP contribution in [0.2, 0.25) is 0 Å². The van der Waals surface area contributed by atoms with Gasteiger partial charge in [-0.2, -0.15) is 0 Å². The number of likely N-dealkylation sites (tertiary alicyclic amines) is 1. The minimum absolute atomic E-state index is 0.558. The van der Waals surface area contributed by atoms with Crippen LogP contribution >= 0.6 is 0 Å². The van der Waals surface area contributed by atoms with E-state index in [0.717, 1.165) is 17.8 Å². The lowest BCUT2D eigenvalue weighted by atomic mass is 9.83. The van der Waals surface area contributed by atoms with E-state index in [1.807, 2.05) is 7.11 Å². The van der Waals surface area contributed by atoms with Crippen LogP contribution in [0.4, 0.5) is 0 Å². The van der Waals surface area contributed by atoms with Gasteiger partial charge in [0, 0.05) is 7.11 Å². The molecule has 1 saturated heterocycles. The summed E-state index contributed by atoms with van der Waals surface area (Å²) in [6.45, 7) is 8.85. The number of piperidine rings is 1. The van der Waals surface area contributed by atoms with Gasteiger partial charge in [0.1, 0.15) is 0 Å². The van der Waals surface area contributed by atoms with Gasteiger partial charge in [0.2, 0.25) is 0 Å². The molecule has 2 aliphatic rings. The van der Waals surface area contributed by atoms with Gasteiger partial charge in [0.05, 0.1) is 6.10 Å². The van der Waals surface area contributed by atoms with Gasteiger partial charge in [0.15, 0.2) is 0 Å². The van der Waals surface area contributed by atoms with Crippen LogP contribution in [0.3, 0.4) is 0 Å². The zero-order valence-electron chi connectivity index (χ0n) is 15.4. The summed E-state index contributed by atoms with van der Waals surface area (Å²) >= 11 is 0. The van der Waals surface area contributed by atoms with E-state index in [-0.39, 0.29) is 0 Å². The molecule has 2 nitrogen and oxygen atoms in total. The number of methoxy groups -OCH3 is 1. The Morgan fingerprint density at radius 3 is 2.27 bits per heavy atom. The Morgan fingerprint density at radius 2 is 1.68 bits per heavy atom. The molecule has 2 fully saturated rings. The Bertz CT molecular complexity index is 277. The van der Waals surface area contributed by atoms with Crippen LogP contribution in [-0.4, -0.2) is 37.7 Å². The van der Waals surface area contributed by atoms with Crippen LogP contribution in [0.25, 0.3) is 0 Å². The van der Waals surface area contributed by atoms with Crippen LogP contribution in [0, 0.1) is 17.8 Å². The van der Waals surface area contributed by atoms with Gasteiger partial charge in [-0.1, -0.05) is 33.1 Å². The molecule has 1 heterocycles. The van der Waals surface area contributed by atoms with Crippen molar-refractivity contribution in [2.45, 2.75) is 84.2 Å². The van der Waals surface area contributed by atoms with E-state index in [2.05, 4.69) is 18.7 Å². The second kappa shape index (κ2) is 9.93. The standard InChI is InChI=1S/C20H39NO/c1-4-17(2)19-12-15-21(16-13-19)14-6-5-7-18-8-10-20(22-3)11-9-18/h17-20H,4-16H2,1-3H3. The summed E-state index contributed by atoms with van der Waals surface area (Å²) in [6.07, 6.45) is 14.5. The quantitative estimate of drug-likeness (QED) is 0.577. The normalized spacial score (nSPS) is 29.6. The monoisotopic (exact) mass is 309 g/mol. The van der Waals surface area contributed by atoms with E-state index in [1.165, 1.54) is 83.8 Å². The van der Waals surface area contributed by atoms with Crippen molar-refractivity contribution in [2.24, 2.45) is 17.8 Å². The fourth-order valence-electron chi connectivity index (χ4n) is 4.50. The lowest BCUT2D eigenvalue weighted by molar-refractivity contribution is 0.0549. The first kappa shape index (κ1) is 18.3. The smallest absolute Gasteiger partial charge is 0.0571 e. The number of ether oxygens (including phenoxy) is 1. The van der Waals surface area contributed by atoms with E-state index in [0.29, 0.717) is 6.10 Å². The summed E-state index contributed by atoms with van der Waals surface area (Å²) in [5.74, 6) is 2.92. The molecule has 1 aliphatic carbocycles. The minimum Gasteiger partial charge on any atom is -0.381 e. The third kappa shape index (κ3) is 5.85. The zero-order valence-corrected chi connectivity index (χ0v) is 15.4. The van der Waals surface area contributed by atoms with Crippen LogP contribution in [0.5, 0.6) is 0 Å². The number of rotatable bonds is 8. The van der Waals surface area contributed by atoms with Gasteiger partial charge in [-0.25, -0.2) is 0 Å². The molecule has 0 aromatic heterocycles. The van der Waals surface area contributed by atoms with E-state index >= 15 is 0 Å². The average Bonchev–Trinajstić information content (AvgIpc) is 2.59. The number of unbranched alkanes of at least 4 members (excludes halogenated alkanes) is 1. The lowest BCUT2D eigenvalue weighted by Gasteiger charge is -2.34. The van der Waals surface area contributed by atoms with Crippen molar-refractivity contribution < 1.29 is 4.74 Å². The second-order valence-corrected chi connectivity index (χ2v) is 7.94. The van der Waals surface area contributed by atoms with E-state index in [1.54, 1.807) is 0 Å². The first-order valence-corrected chi connectivity index (χ1v) is 9.98. The van der Waals surface area contributed by atoms with Gasteiger partial charge in [-0.15, -0.1) is 0 Å². The maximum Gasteiger partial charge on any atom is 0.0571 e. The highest BCUT2D eigenvalue weighted by Crippen LogP contribution is 2.30. The van der Waals surface area contributed by atoms with Crippen LogP contribution in [0.15, 0.2) is 0 Å². The van der Waals surface area contributed by atoms with Crippen LogP contribution in [0.1, 0.15) is 78.1 Å². The van der Waals surface area contributed by atoms with Crippen molar-refractivity contribution in [1.29, 1.82) is 0 Å². The Balaban J connectivity index is 1.50. The molecule has 0 N–H and O–H groups in total. The molecular weight excluding hydrogens is 270 g/mol. The molecule has 0 aromatic rings. The molecule has 0 radical (unpaired) electrons.